The SMILES string of the molecule is O=C(O)N1CC2(CCN(CC(F)F)CC2)C1. The van der Waals surface area contributed by atoms with E-state index in [4.69, 9.17) is 5.11 Å². The number of nitrogens with zero attached hydrogens (tertiary/aromatic N) is 2. The number of carboxylic acid groups (broad SMARTS) is 1. The van der Waals surface area contributed by atoms with E-state index in [-0.39, 0.29) is 12.0 Å². The highest BCUT2D eigenvalue weighted by Crippen LogP contribution is 2.40. The molecule has 1 N–H and O–H groups in total. The van der Waals surface area contributed by atoms with Gasteiger partial charge in [0, 0.05) is 18.5 Å². The molecule has 2 fully saturated rings. The van der Waals surface area contributed by atoms with E-state index in [0.717, 1.165) is 12.8 Å². The molecule has 2 saturated heterocycles. The van der Waals surface area contributed by atoms with Gasteiger partial charge >= 0.3 is 6.09 Å². The van der Waals surface area contributed by atoms with E-state index in [1.807, 2.05) is 0 Å². The van der Waals surface area contributed by atoms with Crippen molar-refractivity contribution >= 4 is 6.09 Å². The molecule has 0 aromatic carbocycles. The average molecular weight is 234 g/mol. The number of amides is 1. The molecule has 2 heterocycles. The predicted octanol–water partition coefficient (Wildman–Crippen LogP) is 1.33. The van der Waals surface area contributed by atoms with Crippen LogP contribution in [0.3, 0.4) is 0 Å². The lowest BCUT2D eigenvalue weighted by atomic mass is 9.72. The van der Waals surface area contributed by atoms with Gasteiger partial charge < -0.3 is 10.0 Å². The van der Waals surface area contributed by atoms with E-state index in [1.54, 1.807) is 4.90 Å². The highest BCUT2D eigenvalue weighted by atomic mass is 19.3. The van der Waals surface area contributed by atoms with Crippen LogP contribution in [0.15, 0.2) is 0 Å². The van der Waals surface area contributed by atoms with Crippen LogP contribution in [-0.4, -0.2) is 60.1 Å². The Morgan fingerprint density at radius 1 is 1.31 bits per heavy atom. The molecule has 0 aromatic rings. The largest absolute Gasteiger partial charge is 0.465 e. The zero-order valence-electron chi connectivity index (χ0n) is 9.03. The standard InChI is InChI=1S/C10H16F2N2O2/c11-8(12)5-13-3-1-10(2-4-13)6-14(7-10)9(15)16/h8H,1-7H2,(H,15,16). The van der Waals surface area contributed by atoms with E-state index in [1.165, 1.54) is 4.90 Å². The van der Waals surface area contributed by atoms with Gasteiger partial charge in [-0.25, -0.2) is 13.6 Å². The number of halogens is 2. The number of hydrogen-bond acceptors (Lipinski definition) is 2. The molecule has 2 aliphatic rings. The van der Waals surface area contributed by atoms with Crippen LogP contribution in [0.25, 0.3) is 0 Å². The van der Waals surface area contributed by atoms with Crippen molar-refractivity contribution < 1.29 is 18.7 Å². The lowest BCUT2D eigenvalue weighted by Gasteiger charge is -2.52. The molecular formula is C10H16F2N2O2. The van der Waals surface area contributed by atoms with E-state index >= 15 is 0 Å². The van der Waals surface area contributed by atoms with Crippen molar-refractivity contribution in [3.8, 4) is 0 Å². The molecule has 0 aliphatic carbocycles. The zero-order valence-corrected chi connectivity index (χ0v) is 9.03. The molecule has 2 aliphatic heterocycles. The second-order valence-electron chi connectivity index (χ2n) is 4.83. The van der Waals surface area contributed by atoms with Crippen molar-refractivity contribution in [2.75, 3.05) is 32.7 Å². The molecule has 1 amide bonds. The smallest absolute Gasteiger partial charge is 0.407 e. The minimum Gasteiger partial charge on any atom is -0.465 e. The number of alkyl halides is 2. The average Bonchev–Trinajstić information content (AvgIpc) is 2.14. The van der Waals surface area contributed by atoms with Gasteiger partial charge in [-0.2, -0.15) is 0 Å². The van der Waals surface area contributed by atoms with Gasteiger partial charge in [-0.15, -0.1) is 0 Å². The van der Waals surface area contributed by atoms with Gasteiger partial charge in [0.2, 0.25) is 0 Å². The number of likely N-dealkylation sites (tertiary alicyclic amines) is 2. The molecule has 0 aromatic heterocycles. The third-order valence-electron chi connectivity index (χ3n) is 3.64. The molecular weight excluding hydrogens is 218 g/mol. The summed E-state index contributed by atoms with van der Waals surface area (Å²) in [5, 5.41) is 8.73. The Hall–Kier alpha value is -0.910. The minimum atomic E-state index is -2.27. The molecule has 4 nitrogen and oxygen atoms in total. The van der Waals surface area contributed by atoms with Crippen molar-refractivity contribution in [3.05, 3.63) is 0 Å². The normalized spacial score (nSPS) is 24.8. The summed E-state index contributed by atoms with van der Waals surface area (Å²) in [7, 11) is 0. The number of rotatable bonds is 2. The fourth-order valence-electron chi connectivity index (χ4n) is 2.62. The van der Waals surface area contributed by atoms with Crippen LogP contribution in [0.4, 0.5) is 13.6 Å². The highest BCUT2D eigenvalue weighted by molar-refractivity contribution is 5.66. The van der Waals surface area contributed by atoms with Gasteiger partial charge in [-0.3, -0.25) is 4.90 Å². The maximum absolute atomic E-state index is 12.1. The molecule has 0 bridgehead atoms. The molecule has 0 radical (unpaired) electrons. The third kappa shape index (κ3) is 2.26. The van der Waals surface area contributed by atoms with Crippen LogP contribution >= 0.6 is 0 Å². The van der Waals surface area contributed by atoms with Crippen LogP contribution in [0.2, 0.25) is 0 Å². The monoisotopic (exact) mass is 234 g/mol. The molecule has 1 spiro atoms. The van der Waals surface area contributed by atoms with Crippen molar-refractivity contribution in [3.63, 3.8) is 0 Å². The molecule has 6 heteroatoms. The number of hydrogen-bond donors (Lipinski definition) is 1. The summed E-state index contributed by atoms with van der Waals surface area (Å²) in [4.78, 5) is 13.8. The van der Waals surface area contributed by atoms with Crippen molar-refractivity contribution in [1.29, 1.82) is 0 Å². The van der Waals surface area contributed by atoms with Crippen molar-refractivity contribution in [2.24, 2.45) is 5.41 Å². The van der Waals surface area contributed by atoms with Crippen LogP contribution in [-0.2, 0) is 0 Å². The summed E-state index contributed by atoms with van der Waals surface area (Å²) < 4.78 is 24.3. The molecule has 92 valence electrons. The second-order valence-corrected chi connectivity index (χ2v) is 4.83. The van der Waals surface area contributed by atoms with Crippen LogP contribution in [0, 0.1) is 5.41 Å². The van der Waals surface area contributed by atoms with Gasteiger partial charge in [-0.1, -0.05) is 0 Å². The zero-order chi connectivity index (χ0) is 11.8. The highest BCUT2D eigenvalue weighted by Gasteiger charge is 2.46. The Balaban J connectivity index is 1.76. The fraction of sp³-hybridized carbons (Fsp3) is 0.900. The summed E-state index contributed by atoms with van der Waals surface area (Å²) in [5.74, 6) is 0. The van der Waals surface area contributed by atoms with Gasteiger partial charge in [0.25, 0.3) is 6.43 Å². The maximum Gasteiger partial charge on any atom is 0.407 e. The van der Waals surface area contributed by atoms with Crippen LogP contribution in [0.5, 0.6) is 0 Å². The summed E-state index contributed by atoms with van der Waals surface area (Å²) in [6.45, 7) is 2.32. The third-order valence-corrected chi connectivity index (χ3v) is 3.64. The second kappa shape index (κ2) is 4.16. The Morgan fingerprint density at radius 3 is 2.31 bits per heavy atom. The first-order valence-electron chi connectivity index (χ1n) is 5.49. The summed E-state index contributed by atoms with van der Waals surface area (Å²) >= 11 is 0. The Bertz CT molecular complexity index is 270. The molecule has 2 rings (SSSR count). The summed E-state index contributed by atoms with van der Waals surface area (Å²) in [6, 6.07) is 0. The summed E-state index contributed by atoms with van der Waals surface area (Å²) in [5.41, 5.74) is 0.0804. The summed E-state index contributed by atoms with van der Waals surface area (Å²) in [6.07, 6.45) is -1.47. The van der Waals surface area contributed by atoms with E-state index < -0.39 is 12.5 Å². The van der Waals surface area contributed by atoms with E-state index in [2.05, 4.69) is 0 Å². The van der Waals surface area contributed by atoms with Gasteiger partial charge in [0.1, 0.15) is 0 Å². The van der Waals surface area contributed by atoms with Crippen LogP contribution in [0.1, 0.15) is 12.8 Å². The van der Waals surface area contributed by atoms with Crippen molar-refractivity contribution in [1.82, 2.24) is 9.80 Å². The topological polar surface area (TPSA) is 43.8 Å². The Kier molecular flexibility index (Phi) is 3.01. The van der Waals surface area contributed by atoms with Crippen LogP contribution < -0.4 is 0 Å². The molecule has 16 heavy (non-hydrogen) atoms. The number of piperidine rings is 1. The fourth-order valence-corrected chi connectivity index (χ4v) is 2.62. The molecule has 0 atom stereocenters. The molecule has 0 unspecified atom stereocenters. The Labute approximate surface area is 92.8 Å². The first-order valence-corrected chi connectivity index (χ1v) is 5.49. The van der Waals surface area contributed by atoms with Gasteiger partial charge in [0.05, 0.1) is 6.54 Å². The number of carbonyl (C=O) groups is 1. The molecule has 0 saturated carbocycles. The van der Waals surface area contributed by atoms with Gasteiger partial charge in [-0.05, 0) is 25.9 Å². The van der Waals surface area contributed by atoms with Crippen molar-refractivity contribution in [2.45, 2.75) is 19.3 Å². The van der Waals surface area contributed by atoms with E-state index in [9.17, 15) is 13.6 Å². The quantitative estimate of drug-likeness (QED) is 0.783. The first kappa shape index (κ1) is 11.6. The maximum atomic E-state index is 12.1. The first-order chi connectivity index (χ1) is 7.51. The predicted molar refractivity (Wildman–Crippen MR) is 53.7 cm³/mol. The lowest BCUT2D eigenvalue weighted by Crippen LogP contribution is -2.61. The Morgan fingerprint density at radius 2 is 1.88 bits per heavy atom. The van der Waals surface area contributed by atoms with Gasteiger partial charge in [0.15, 0.2) is 0 Å². The van der Waals surface area contributed by atoms with E-state index in [0.29, 0.717) is 26.2 Å². The lowest BCUT2D eigenvalue weighted by molar-refractivity contribution is -0.0423. The minimum absolute atomic E-state index is 0.0804.